The van der Waals surface area contributed by atoms with Crippen LogP contribution in [0.4, 0.5) is 4.79 Å². The third-order valence-electron chi connectivity index (χ3n) is 13.8. The third kappa shape index (κ3) is 10.3. The molecule has 69 heavy (non-hydrogen) atoms. The SMILES string of the molecule is C=CC(=O)N1CC2(COCCN2C(=O)N(C)[C@H](C(=O)N[C@H]2Cc3nc(cs3)-c3ccc4c(c3)c(c(/C(C=C)=C(/N=CC)[C@H](C)OC)n4CC)CC(C)(C)COC(=O)[C@@H]3CCCN(N3)C2=O)C(C)C)C1. The van der Waals surface area contributed by atoms with E-state index < -0.39 is 46.9 Å². The summed E-state index contributed by atoms with van der Waals surface area (Å²) in [7, 11) is 3.26. The van der Waals surface area contributed by atoms with E-state index >= 15 is 0 Å². The first-order chi connectivity index (χ1) is 32.9. The van der Waals surface area contributed by atoms with Crippen LogP contribution in [-0.2, 0) is 52.8 Å². The molecule has 372 valence electrons. The van der Waals surface area contributed by atoms with Gasteiger partial charge in [-0.2, -0.15) is 0 Å². The molecule has 4 atom stereocenters. The summed E-state index contributed by atoms with van der Waals surface area (Å²) in [4.78, 5) is 84.8. The number of aromatic nitrogens is 2. The number of benzene rings is 1. The van der Waals surface area contributed by atoms with Crippen LogP contribution in [-0.4, -0.2) is 155 Å². The average molecular weight is 968 g/mol. The Morgan fingerprint density at radius 3 is 2.55 bits per heavy atom. The van der Waals surface area contributed by atoms with Crippen molar-refractivity contribution in [2.75, 3.05) is 60.2 Å². The highest BCUT2D eigenvalue weighted by Gasteiger charge is 2.54. The Labute approximate surface area is 409 Å². The van der Waals surface area contributed by atoms with Gasteiger partial charge >= 0.3 is 12.0 Å². The molecule has 6 bridgehead atoms. The summed E-state index contributed by atoms with van der Waals surface area (Å²) in [6.07, 6.45) is 6.08. The molecule has 3 fully saturated rings. The van der Waals surface area contributed by atoms with Crippen LogP contribution in [0.1, 0.15) is 77.6 Å². The number of aryl methyl sites for hydroxylation is 1. The lowest BCUT2D eigenvalue weighted by atomic mass is 9.84. The zero-order valence-corrected chi connectivity index (χ0v) is 42.4. The van der Waals surface area contributed by atoms with Crippen LogP contribution < -0.4 is 10.7 Å². The van der Waals surface area contributed by atoms with Gasteiger partial charge in [-0.05, 0) is 69.7 Å². The normalized spacial score (nSPS) is 21.9. The number of aliphatic imine (C=N–C) groups is 1. The van der Waals surface area contributed by atoms with Gasteiger partial charge in [0.15, 0.2) is 0 Å². The summed E-state index contributed by atoms with van der Waals surface area (Å²) < 4.78 is 20.0. The van der Waals surface area contributed by atoms with E-state index in [1.807, 2.05) is 45.2 Å². The van der Waals surface area contributed by atoms with Crippen LogP contribution in [0.5, 0.6) is 0 Å². The molecule has 0 radical (unpaired) electrons. The number of esters is 1. The minimum atomic E-state index is -1.12. The number of allylic oxidation sites excluding steroid dienone is 2. The molecule has 2 N–H and O–H groups in total. The van der Waals surface area contributed by atoms with Crippen molar-refractivity contribution in [1.29, 1.82) is 0 Å². The minimum Gasteiger partial charge on any atom is -0.464 e. The predicted octanol–water partition coefficient (Wildman–Crippen LogP) is 5.63. The molecule has 3 saturated heterocycles. The summed E-state index contributed by atoms with van der Waals surface area (Å²) in [6.45, 7) is 24.2. The van der Waals surface area contributed by atoms with Gasteiger partial charge < -0.3 is 38.8 Å². The van der Waals surface area contributed by atoms with Crippen molar-refractivity contribution in [2.45, 2.75) is 110 Å². The van der Waals surface area contributed by atoms with Crippen molar-refractivity contribution in [1.82, 2.24) is 40.0 Å². The number of nitrogens with one attached hydrogen (secondary N) is 2. The summed E-state index contributed by atoms with van der Waals surface area (Å²) >= 11 is 1.39. The molecule has 3 aromatic rings. The summed E-state index contributed by atoms with van der Waals surface area (Å²) in [5, 5.41) is 8.04. The van der Waals surface area contributed by atoms with E-state index in [1.54, 1.807) is 30.2 Å². The number of rotatable bonds is 11. The number of ether oxygens (including phenoxy) is 3. The molecule has 1 spiro atoms. The second-order valence-electron chi connectivity index (χ2n) is 19.6. The van der Waals surface area contributed by atoms with Crippen molar-refractivity contribution < 1.29 is 38.2 Å². The smallest absolute Gasteiger partial charge is 0.324 e. The number of amides is 5. The minimum absolute atomic E-state index is 0.0503. The van der Waals surface area contributed by atoms with Crippen LogP contribution in [0.2, 0.25) is 0 Å². The highest BCUT2D eigenvalue weighted by Crippen LogP contribution is 2.40. The Morgan fingerprint density at radius 1 is 1.13 bits per heavy atom. The molecular weight excluding hydrogens is 899 g/mol. The van der Waals surface area contributed by atoms with Gasteiger partial charge in [0.25, 0.3) is 5.91 Å². The van der Waals surface area contributed by atoms with E-state index in [0.29, 0.717) is 44.0 Å². The number of fused-ring (bicyclic) bond motifs is 6. The van der Waals surface area contributed by atoms with Crippen LogP contribution in [0.25, 0.3) is 27.7 Å². The molecule has 6 heterocycles. The first-order valence-electron chi connectivity index (χ1n) is 24.0. The number of methoxy groups -OCH3 is 1. The topological polar surface area (TPSA) is 180 Å². The largest absolute Gasteiger partial charge is 0.464 e. The van der Waals surface area contributed by atoms with E-state index in [0.717, 1.165) is 44.7 Å². The van der Waals surface area contributed by atoms with E-state index in [-0.39, 0.29) is 63.2 Å². The standard InChI is InChI=1S/C51H69N9O8S/c1-12-34(43(52-14-3)32(7)66-11)45-36-25-50(8,9)29-68-48(64)37-17-16-20-60(55-37)47(63)38(24-41-53-39(26-69-41)33-18-19-40(35(36)23-33)58(45)15-4)54-46(62)44(31(5)6)56(10)49(65)59-21-22-67-30-51(59)27-57(28-51)42(61)13-2/h12-14,18-19,23,26,31-32,37-38,44,55H,1-2,15-17,20-22,24-25,27-30H2,3-11H3,(H,54,62)/b43-34+,52-14?/t32-,37-,38-,44-/m0/s1. The van der Waals surface area contributed by atoms with Crippen LogP contribution in [0.3, 0.4) is 0 Å². The number of carbonyl (C=O) groups excluding carboxylic acids is 5. The molecule has 0 unspecified atom stereocenters. The number of cyclic esters (lactones) is 1. The number of thiazole rings is 1. The van der Waals surface area contributed by atoms with Gasteiger partial charge in [-0.3, -0.25) is 29.2 Å². The molecule has 0 aliphatic carbocycles. The lowest BCUT2D eigenvalue weighted by molar-refractivity contribution is -0.156. The Bertz CT molecular complexity index is 2540. The van der Waals surface area contributed by atoms with E-state index in [4.69, 9.17) is 24.2 Å². The second kappa shape index (κ2) is 21.1. The maximum atomic E-state index is 14.7. The van der Waals surface area contributed by atoms with Crippen molar-refractivity contribution in [3.63, 3.8) is 0 Å². The lowest BCUT2D eigenvalue weighted by Crippen LogP contribution is -2.77. The maximum absolute atomic E-state index is 14.7. The number of likely N-dealkylation sites (N-methyl/N-ethyl adjacent to an activating group) is 1. The molecule has 4 aliphatic heterocycles. The molecule has 1 aromatic carbocycles. The van der Waals surface area contributed by atoms with Crippen LogP contribution in [0, 0.1) is 11.3 Å². The molecule has 2 aromatic heterocycles. The zero-order valence-electron chi connectivity index (χ0n) is 41.6. The monoisotopic (exact) mass is 967 g/mol. The third-order valence-corrected chi connectivity index (χ3v) is 14.6. The van der Waals surface area contributed by atoms with Gasteiger partial charge in [-0.1, -0.05) is 53.0 Å². The fourth-order valence-electron chi connectivity index (χ4n) is 10.2. The maximum Gasteiger partial charge on any atom is 0.324 e. The number of morpholine rings is 1. The molecule has 0 saturated carbocycles. The summed E-state index contributed by atoms with van der Waals surface area (Å²) in [5.74, 6) is -2.01. The molecule has 7 rings (SSSR count). The number of nitrogens with zero attached hydrogens (tertiary/aromatic N) is 7. The number of hydrazine groups is 1. The van der Waals surface area contributed by atoms with Gasteiger partial charge in [0.2, 0.25) is 11.8 Å². The molecular formula is C51H69N9O8S. The second-order valence-corrected chi connectivity index (χ2v) is 20.6. The highest BCUT2D eigenvalue weighted by molar-refractivity contribution is 7.10. The first kappa shape index (κ1) is 51.2. The van der Waals surface area contributed by atoms with Gasteiger partial charge in [-0.25, -0.2) is 15.2 Å². The number of hydrogen-bond acceptors (Lipinski definition) is 12. The first-order valence-corrected chi connectivity index (χ1v) is 24.9. The van der Waals surface area contributed by atoms with E-state index in [9.17, 15) is 24.0 Å². The van der Waals surface area contributed by atoms with Gasteiger partial charge in [-0.15, -0.1) is 11.3 Å². The van der Waals surface area contributed by atoms with E-state index in [1.165, 1.54) is 27.3 Å². The molecule has 17 nitrogen and oxygen atoms in total. The average Bonchev–Trinajstić information content (AvgIpc) is 3.92. The number of hydrogen-bond donors (Lipinski definition) is 2. The lowest BCUT2D eigenvalue weighted by Gasteiger charge is -2.57. The molecule has 5 amide bonds. The Kier molecular flexibility index (Phi) is 15.7. The quantitative estimate of drug-likeness (QED) is 0.106. The Hall–Kier alpha value is -5.69. The van der Waals surface area contributed by atoms with Gasteiger partial charge in [0.1, 0.15) is 23.7 Å². The van der Waals surface area contributed by atoms with Crippen molar-refractivity contribution in [3.8, 4) is 11.3 Å². The van der Waals surface area contributed by atoms with Crippen LogP contribution in [0.15, 0.2) is 59.6 Å². The predicted molar refractivity (Wildman–Crippen MR) is 267 cm³/mol. The van der Waals surface area contributed by atoms with Crippen molar-refractivity contribution >= 4 is 63.7 Å². The van der Waals surface area contributed by atoms with Gasteiger partial charge in [0, 0.05) is 92.4 Å². The molecule has 18 heteroatoms. The summed E-state index contributed by atoms with van der Waals surface area (Å²) in [6, 6.07) is 3.02. The summed E-state index contributed by atoms with van der Waals surface area (Å²) in [5.41, 5.74) is 8.06. The van der Waals surface area contributed by atoms with Crippen molar-refractivity contribution in [3.05, 3.63) is 70.9 Å². The fourth-order valence-corrected chi connectivity index (χ4v) is 11.1. The Balaban J connectivity index is 1.27. The van der Waals surface area contributed by atoms with Gasteiger partial charge in [0.05, 0.1) is 48.0 Å². The highest BCUT2D eigenvalue weighted by atomic mass is 32.1. The Morgan fingerprint density at radius 2 is 1.88 bits per heavy atom. The van der Waals surface area contributed by atoms with E-state index in [2.05, 4.69) is 61.4 Å². The number of likely N-dealkylation sites (tertiary alicyclic amines) is 1. The molecule has 4 aliphatic rings. The van der Waals surface area contributed by atoms with Crippen LogP contribution >= 0.6 is 11.3 Å². The fraction of sp³-hybridized carbons (Fsp3) is 0.549. The zero-order chi connectivity index (χ0) is 49.9. The number of urea groups is 1. The number of carbonyl (C=O) groups is 5. The van der Waals surface area contributed by atoms with Crippen molar-refractivity contribution in [2.24, 2.45) is 16.3 Å².